The molecule has 2 atom stereocenters. The number of amides is 1. The van der Waals surface area contributed by atoms with Crippen LogP contribution in [0.15, 0.2) is 18.2 Å². The second-order valence-corrected chi connectivity index (χ2v) is 5.08. The van der Waals surface area contributed by atoms with E-state index in [4.69, 9.17) is 0 Å². The van der Waals surface area contributed by atoms with Crippen molar-refractivity contribution in [1.29, 1.82) is 0 Å². The van der Waals surface area contributed by atoms with Gasteiger partial charge in [-0.05, 0) is 26.0 Å². The Hall–Kier alpha value is -1.20. The topological polar surface area (TPSA) is 32.3 Å². The number of hydrogen-bond donors (Lipinski definition) is 1. The number of piperazine rings is 1. The summed E-state index contributed by atoms with van der Waals surface area (Å²) in [4.78, 5) is 13.9. The van der Waals surface area contributed by atoms with Gasteiger partial charge in [0.15, 0.2) is 0 Å². The van der Waals surface area contributed by atoms with Crippen LogP contribution in [0.1, 0.15) is 19.4 Å². The summed E-state index contributed by atoms with van der Waals surface area (Å²) in [5, 5.41) is 3.26. The van der Waals surface area contributed by atoms with Crippen LogP contribution < -0.4 is 5.32 Å². The number of carbonyl (C=O) groups is 1. The Morgan fingerprint density at radius 1 is 1.35 bits per heavy atom. The first-order chi connectivity index (χ1) is 8.99. The third-order valence-electron chi connectivity index (χ3n) is 3.47. The molecule has 0 spiro atoms. The summed E-state index contributed by atoms with van der Waals surface area (Å²) in [5.41, 5.74) is -0.147. The number of carbonyl (C=O) groups excluding carboxylic acids is 1. The predicted molar refractivity (Wildman–Crippen MR) is 75.9 cm³/mol. The van der Waals surface area contributed by atoms with E-state index >= 15 is 0 Å². The predicted octanol–water partition coefficient (Wildman–Crippen LogP) is 2.14. The summed E-state index contributed by atoms with van der Waals surface area (Å²) in [6.07, 6.45) is -0.227. The van der Waals surface area contributed by atoms with Gasteiger partial charge in [-0.3, -0.25) is 4.79 Å². The Morgan fingerprint density at radius 3 is 2.55 bits per heavy atom. The minimum absolute atomic E-state index is 0. The lowest BCUT2D eigenvalue weighted by Gasteiger charge is -2.37. The average Bonchev–Trinajstić information content (AvgIpc) is 2.37. The van der Waals surface area contributed by atoms with E-state index in [1.54, 1.807) is 4.90 Å². The van der Waals surface area contributed by atoms with E-state index in [9.17, 15) is 13.6 Å². The van der Waals surface area contributed by atoms with Crippen LogP contribution in [0.4, 0.5) is 8.78 Å². The summed E-state index contributed by atoms with van der Waals surface area (Å²) in [7, 11) is 0. The largest absolute Gasteiger partial charge is 0.337 e. The number of halogens is 3. The monoisotopic (exact) mass is 304 g/mol. The molecule has 1 heterocycles. The molecular weight excluding hydrogens is 286 g/mol. The maximum atomic E-state index is 13.5. The van der Waals surface area contributed by atoms with Gasteiger partial charge in [0, 0.05) is 30.7 Å². The number of benzene rings is 1. The number of rotatable bonds is 2. The molecule has 1 amide bonds. The van der Waals surface area contributed by atoms with Gasteiger partial charge in [0.05, 0.1) is 6.42 Å². The summed E-state index contributed by atoms with van der Waals surface area (Å²) < 4.78 is 27.1. The van der Waals surface area contributed by atoms with Gasteiger partial charge >= 0.3 is 0 Å². The molecule has 0 bridgehead atoms. The summed E-state index contributed by atoms with van der Waals surface area (Å²) in [6.45, 7) is 5.17. The van der Waals surface area contributed by atoms with Crippen molar-refractivity contribution in [1.82, 2.24) is 10.2 Å². The van der Waals surface area contributed by atoms with Crippen LogP contribution in [0.2, 0.25) is 0 Å². The maximum Gasteiger partial charge on any atom is 0.227 e. The second-order valence-electron chi connectivity index (χ2n) is 5.08. The van der Waals surface area contributed by atoms with Gasteiger partial charge in [0.2, 0.25) is 5.91 Å². The second kappa shape index (κ2) is 6.99. The fourth-order valence-corrected chi connectivity index (χ4v) is 2.32. The lowest BCUT2D eigenvalue weighted by atomic mass is 10.1. The molecule has 0 aliphatic carbocycles. The molecule has 1 aliphatic rings. The summed E-state index contributed by atoms with van der Waals surface area (Å²) >= 11 is 0. The van der Waals surface area contributed by atoms with Crippen LogP contribution in [-0.4, -0.2) is 36.0 Å². The smallest absolute Gasteiger partial charge is 0.227 e. The van der Waals surface area contributed by atoms with Gasteiger partial charge in [-0.15, -0.1) is 12.4 Å². The Balaban J connectivity index is 0.00000200. The standard InChI is InChI=1S/C14H18F2N2O.ClH/c1-9-8-18(10(2)7-17-9)14(19)6-11-12(15)4-3-5-13(11)16;/h3-5,9-10,17H,6-8H2,1-2H3;1H. The van der Waals surface area contributed by atoms with Crippen LogP contribution in [0.25, 0.3) is 0 Å². The SMILES string of the molecule is CC1CN(C(=O)Cc2c(F)cccc2F)C(C)CN1.Cl. The van der Waals surface area contributed by atoms with Crippen LogP contribution >= 0.6 is 12.4 Å². The van der Waals surface area contributed by atoms with Crippen molar-refractivity contribution in [3.05, 3.63) is 35.4 Å². The van der Waals surface area contributed by atoms with E-state index in [1.807, 2.05) is 13.8 Å². The Labute approximate surface area is 123 Å². The van der Waals surface area contributed by atoms with Crippen LogP contribution in [0.5, 0.6) is 0 Å². The molecule has 6 heteroatoms. The molecule has 0 saturated carbocycles. The molecular formula is C14H19ClF2N2O. The lowest BCUT2D eigenvalue weighted by Crippen LogP contribution is -2.56. The van der Waals surface area contributed by atoms with E-state index in [-0.39, 0.29) is 42.4 Å². The lowest BCUT2D eigenvalue weighted by molar-refractivity contribution is -0.134. The third-order valence-corrected chi connectivity index (χ3v) is 3.47. The van der Waals surface area contributed by atoms with Gasteiger partial charge in [-0.2, -0.15) is 0 Å². The zero-order valence-corrected chi connectivity index (χ0v) is 12.3. The highest BCUT2D eigenvalue weighted by Gasteiger charge is 2.27. The van der Waals surface area contributed by atoms with Gasteiger partial charge in [0.1, 0.15) is 11.6 Å². The van der Waals surface area contributed by atoms with Crippen LogP contribution in [-0.2, 0) is 11.2 Å². The fraction of sp³-hybridized carbons (Fsp3) is 0.500. The molecule has 20 heavy (non-hydrogen) atoms. The van der Waals surface area contributed by atoms with Crippen molar-refractivity contribution in [3.63, 3.8) is 0 Å². The van der Waals surface area contributed by atoms with Crippen molar-refractivity contribution in [2.75, 3.05) is 13.1 Å². The van der Waals surface area contributed by atoms with Crippen molar-refractivity contribution in [2.24, 2.45) is 0 Å². The molecule has 1 N–H and O–H groups in total. The first-order valence-corrected chi connectivity index (χ1v) is 6.44. The molecule has 2 unspecified atom stereocenters. The van der Waals surface area contributed by atoms with Crippen LogP contribution in [0.3, 0.4) is 0 Å². The van der Waals surface area contributed by atoms with E-state index in [0.29, 0.717) is 13.1 Å². The van der Waals surface area contributed by atoms with Crippen molar-refractivity contribution >= 4 is 18.3 Å². The highest BCUT2D eigenvalue weighted by atomic mass is 35.5. The first kappa shape index (κ1) is 16.9. The minimum Gasteiger partial charge on any atom is -0.337 e. The zero-order valence-electron chi connectivity index (χ0n) is 11.5. The molecule has 1 fully saturated rings. The summed E-state index contributed by atoms with van der Waals surface area (Å²) in [6, 6.07) is 3.89. The highest BCUT2D eigenvalue weighted by molar-refractivity contribution is 5.85. The minimum atomic E-state index is -0.663. The zero-order chi connectivity index (χ0) is 14.0. The molecule has 0 aromatic heterocycles. The summed E-state index contributed by atoms with van der Waals surface area (Å²) in [5.74, 6) is -1.56. The average molecular weight is 305 g/mol. The molecule has 1 aromatic rings. The normalized spacial score (nSPS) is 22.3. The number of nitrogens with zero attached hydrogens (tertiary/aromatic N) is 1. The van der Waals surface area contributed by atoms with Gasteiger partial charge in [0.25, 0.3) is 0 Å². The van der Waals surface area contributed by atoms with E-state index in [1.165, 1.54) is 18.2 Å². The van der Waals surface area contributed by atoms with Crippen molar-refractivity contribution in [2.45, 2.75) is 32.4 Å². The van der Waals surface area contributed by atoms with E-state index < -0.39 is 11.6 Å². The highest BCUT2D eigenvalue weighted by Crippen LogP contribution is 2.16. The fourth-order valence-electron chi connectivity index (χ4n) is 2.32. The van der Waals surface area contributed by atoms with E-state index in [0.717, 1.165) is 0 Å². The Morgan fingerprint density at radius 2 is 1.95 bits per heavy atom. The maximum absolute atomic E-state index is 13.5. The molecule has 0 radical (unpaired) electrons. The molecule has 112 valence electrons. The quantitative estimate of drug-likeness (QED) is 0.908. The molecule has 1 aliphatic heterocycles. The number of hydrogen-bond acceptors (Lipinski definition) is 2. The molecule has 3 nitrogen and oxygen atoms in total. The van der Waals surface area contributed by atoms with Gasteiger partial charge in [-0.25, -0.2) is 8.78 Å². The van der Waals surface area contributed by atoms with E-state index in [2.05, 4.69) is 5.32 Å². The van der Waals surface area contributed by atoms with Crippen molar-refractivity contribution < 1.29 is 13.6 Å². The van der Waals surface area contributed by atoms with Gasteiger partial charge < -0.3 is 10.2 Å². The molecule has 2 rings (SSSR count). The Bertz CT molecular complexity index is 464. The number of nitrogens with one attached hydrogen (secondary N) is 1. The van der Waals surface area contributed by atoms with Crippen molar-refractivity contribution in [3.8, 4) is 0 Å². The van der Waals surface area contributed by atoms with Gasteiger partial charge in [-0.1, -0.05) is 6.07 Å². The molecule has 1 saturated heterocycles. The molecule has 1 aromatic carbocycles. The van der Waals surface area contributed by atoms with Crippen LogP contribution in [0, 0.1) is 11.6 Å². The third kappa shape index (κ3) is 3.67. The Kier molecular flexibility index (Phi) is 5.89. The first-order valence-electron chi connectivity index (χ1n) is 6.44.